The first-order valence-electron chi connectivity index (χ1n) is 7.03. The Bertz CT molecular complexity index is 405. The molecule has 1 fully saturated rings. The number of hydrogen-bond acceptors (Lipinski definition) is 4. The Morgan fingerprint density at radius 2 is 2.16 bits per heavy atom. The SMILES string of the molecule is CCOCc1cc(C(N)CN)ccc1OCC1CC1. The quantitative estimate of drug-likeness (QED) is 0.753. The Morgan fingerprint density at radius 3 is 2.79 bits per heavy atom. The molecular weight excluding hydrogens is 240 g/mol. The van der Waals surface area contributed by atoms with Gasteiger partial charge in [-0.15, -0.1) is 0 Å². The first-order valence-corrected chi connectivity index (χ1v) is 7.03. The molecule has 1 saturated carbocycles. The predicted molar refractivity (Wildman–Crippen MR) is 76.0 cm³/mol. The van der Waals surface area contributed by atoms with E-state index >= 15 is 0 Å². The van der Waals surface area contributed by atoms with Crippen molar-refractivity contribution >= 4 is 0 Å². The minimum absolute atomic E-state index is 0.127. The molecule has 1 aliphatic rings. The van der Waals surface area contributed by atoms with Crippen molar-refractivity contribution in [3.05, 3.63) is 29.3 Å². The fraction of sp³-hybridized carbons (Fsp3) is 0.600. The van der Waals surface area contributed by atoms with Crippen molar-refractivity contribution < 1.29 is 9.47 Å². The van der Waals surface area contributed by atoms with Gasteiger partial charge in [-0.1, -0.05) is 6.07 Å². The molecular formula is C15H24N2O2. The molecule has 1 aromatic carbocycles. The van der Waals surface area contributed by atoms with Crippen LogP contribution in [-0.2, 0) is 11.3 Å². The summed E-state index contributed by atoms with van der Waals surface area (Å²) >= 11 is 0. The average Bonchev–Trinajstić information content (AvgIpc) is 3.26. The highest BCUT2D eigenvalue weighted by Gasteiger charge is 2.22. The van der Waals surface area contributed by atoms with Crippen LogP contribution in [0.5, 0.6) is 5.75 Å². The third kappa shape index (κ3) is 4.20. The van der Waals surface area contributed by atoms with Crippen LogP contribution in [0, 0.1) is 5.92 Å². The Balaban J connectivity index is 2.09. The van der Waals surface area contributed by atoms with Crippen LogP contribution in [0.15, 0.2) is 18.2 Å². The Labute approximate surface area is 115 Å². The van der Waals surface area contributed by atoms with Crippen molar-refractivity contribution in [2.75, 3.05) is 19.8 Å². The van der Waals surface area contributed by atoms with Gasteiger partial charge in [0, 0.05) is 24.8 Å². The summed E-state index contributed by atoms with van der Waals surface area (Å²) in [5.41, 5.74) is 13.7. The molecule has 0 aromatic heterocycles. The maximum absolute atomic E-state index is 5.97. The number of nitrogens with two attached hydrogens (primary N) is 2. The van der Waals surface area contributed by atoms with Crippen LogP contribution in [0.4, 0.5) is 0 Å². The molecule has 4 heteroatoms. The highest BCUT2D eigenvalue weighted by Crippen LogP contribution is 2.31. The van der Waals surface area contributed by atoms with Gasteiger partial charge < -0.3 is 20.9 Å². The lowest BCUT2D eigenvalue weighted by molar-refractivity contribution is 0.130. The lowest BCUT2D eigenvalue weighted by Gasteiger charge is -2.15. The zero-order valence-corrected chi connectivity index (χ0v) is 11.6. The fourth-order valence-electron chi connectivity index (χ4n) is 1.92. The van der Waals surface area contributed by atoms with Gasteiger partial charge in [-0.3, -0.25) is 0 Å². The van der Waals surface area contributed by atoms with E-state index in [1.807, 2.05) is 19.1 Å². The van der Waals surface area contributed by atoms with Crippen molar-refractivity contribution in [2.24, 2.45) is 17.4 Å². The van der Waals surface area contributed by atoms with Crippen LogP contribution in [0.25, 0.3) is 0 Å². The summed E-state index contributed by atoms with van der Waals surface area (Å²) in [5, 5.41) is 0. The summed E-state index contributed by atoms with van der Waals surface area (Å²) in [7, 11) is 0. The molecule has 1 aliphatic carbocycles. The van der Waals surface area contributed by atoms with Gasteiger partial charge in [0.05, 0.1) is 13.2 Å². The summed E-state index contributed by atoms with van der Waals surface area (Å²) in [5.74, 6) is 1.65. The summed E-state index contributed by atoms with van der Waals surface area (Å²) in [6.45, 7) is 4.48. The molecule has 0 saturated heterocycles. The Morgan fingerprint density at radius 1 is 1.37 bits per heavy atom. The van der Waals surface area contributed by atoms with E-state index in [2.05, 4.69) is 6.07 Å². The molecule has 106 valence electrons. The fourth-order valence-corrected chi connectivity index (χ4v) is 1.92. The zero-order valence-electron chi connectivity index (χ0n) is 11.6. The first-order chi connectivity index (χ1) is 9.24. The van der Waals surface area contributed by atoms with Crippen molar-refractivity contribution in [1.29, 1.82) is 0 Å². The molecule has 0 aliphatic heterocycles. The van der Waals surface area contributed by atoms with Gasteiger partial charge >= 0.3 is 0 Å². The number of ether oxygens (including phenoxy) is 2. The largest absolute Gasteiger partial charge is 0.493 e. The van der Waals surface area contributed by atoms with Gasteiger partial charge in [0.2, 0.25) is 0 Å². The highest BCUT2D eigenvalue weighted by molar-refractivity contribution is 5.38. The van der Waals surface area contributed by atoms with Crippen LogP contribution < -0.4 is 16.2 Å². The van der Waals surface area contributed by atoms with E-state index in [-0.39, 0.29) is 6.04 Å². The van der Waals surface area contributed by atoms with Gasteiger partial charge in [0.1, 0.15) is 5.75 Å². The molecule has 0 heterocycles. The molecule has 0 spiro atoms. The lowest BCUT2D eigenvalue weighted by Crippen LogP contribution is -2.21. The van der Waals surface area contributed by atoms with Gasteiger partial charge in [0.15, 0.2) is 0 Å². The molecule has 0 amide bonds. The molecule has 1 atom stereocenters. The van der Waals surface area contributed by atoms with Gasteiger partial charge in [-0.25, -0.2) is 0 Å². The first kappa shape index (κ1) is 14.3. The van der Waals surface area contributed by atoms with Crippen molar-refractivity contribution in [3.63, 3.8) is 0 Å². The van der Waals surface area contributed by atoms with E-state index in [0.717, 1.165) is 29.4 Å². The topological polar surface area (TPSA) is 70.5 Å². The van der Waals surface area contributed by atoms with Crippen LogP contribution in [0.3, 0.4) is 0 Å². The third-order valence-corrected chi connectivity index (χ3v) is 3.40. The second-order valence-electron chi connectivity index (χ2n) is 5.10. The van der Waals surface area contributed by atoms with E-state index in [0.29, 0.717) is 19.8 Å². The second-order valence-corrected chi connectivity index (χ2v) is 5.10. The highest BCUT2D eigenvalue weighted by atomic mass is 16.5. The van der Waals surface area contributed by atoms with Gasteiger partial charge in [-0.2, -0.15) is 0 Å². The van der Waals surface area contributed by atoms with E-state index < -0.39 is 0 Å². The molecule has 1 unspecified atom stereocenters. The molecule has 4 nitrogen and oxygen atoms in total. The normalized spacial score (nSPS) is 16.4. The van der Waals surface area contributed by atoms with Crippen molar-refractivity contribution in [1.82, 2.24) is 0 Å². The number of benzene rings is 1. The second kappa shape index (κ2) is 6.89. The third-order valence-electron chi connectivity index (χ3n) is 3.40. The smallest absolute Gasteiger partial charge is 0.124 e. The van der Waals surface area contributed by atoms with Crippen molar-refractivity contribution in [3.8, 4) is 5.75 Å². The molecule has 19 heavy (non-hydrogen) atoms. The van der Waals surface area contributed by atoms with E-state index in [1.54, 1.807) is 0 Å². The molecule has 1 aromatic rings. The minimum atomic E-state index is -0.127. The molecule has 0 radical (unpaired) electrons. The summed E-state index contributed by atoms with van der Waals surface area (Å²) < 4.78 is 11.4. The van der Waals surface area contributed by atoms with Gasteiger partial charge in [-0.05, 0) is 43.4 Å². The maximum atomic E-state index is 5.97. The molecule has 4 N–H and O–H groups in total. The summed E-state index contributed by atoms with van der Waals surface area (Å²) in [6, 6.07) is 5.91. The van der Waals surface area contributed by atoms with E-state index in [4.69, 9.17) is 20.9 Å². The molecule has 0 bridgehead atoms. The average molecular weight is 264 g/mol. The maximum Gasteiger partial charge on any atom is 0.124 e. The van der Waals surface area contributed by atoms with Gasteiger partial charge in [0.25, 0.3) is 0 Å². The van der Waals surface area contributed by atoms with Crippen LogP contribution in [0.2, 0.25) is 0 Å². The predicted octanol–water partition coefficient (Wildman–Crippen LogP) is 1.97. The lowest BCUT2D eigenvalue weighted by atomic mass is 10.0. The van der Waals surface area contributed by atoms with Crippen LogP contribution in [0.1, 0.15) is 36.9 Å². The number of hydrogen-bond donors (Lipinski definition) is 2. The standard InChI is InChI=1S/C15H24N2O2/c1-2-18-10-13-7-12(14(17)8-16)5-6-15(13)19-9-11-3-4-11/h5-7,11,14H,2-4,8-10,16-17H2,1H3. The molecule has 2 rings (SSSR count). The zero-order chi connectivity index (χ0) is 13.7. The monoisotopic (exact) mass is 264 g/mol. The number of rotatable bonds is 8. The van der Waals surface area contributed by atoms with Crippen molar-refractivity contribution in [2.45, 2.75) is 32.4 Å². The Hall–Kier alpha value is -1.10. The van der Waals surface area contributed by atoms with E-state index in [9.17, 15) is 0 Å². The summed E-state index contributed by atoms with van der Waals surface area (Å²) in [4.78, 5) is 0. The summed E-state index contributed by atoms with van der Waals surface area (Å²) in [6.07, 6.45) is 2.58. The minimum Gasteiger partial charge on any atom is -0.493 e. The van der Waals surface area contributed by atoms with Crippen LogP contribution >= 0.6 is 0 Å². The van der Waals surface area contributed by atoms with E-state index in [1.165, 1.54) is 12.8 Å². The Kier molecular flexibility index (Phi) is 5.19. The van der Waals surface area contributed by atoms with Crippen LogP contribution in [-0.4, -0.2) is 19.8 Å².